The Morgan fingerprint density at radius 2 is 1.05 bits per heavy atom. The first-order valence-corrected chi connectivity index (χ1v) is 29.4. The van der Waals surface area contributed by atoms with Crippen molar-refractivity contribution in [3.8, 4) is 61.6 Å². The highest BCUT2D eigenvalue weighted by Crippen LogP contribution is 2.56. The van der Waals surface area contributed by atoms with Gasteiger partial charge in [-0.2, -0.15) is 0 Å². The molecule has 10 rings (SSSR count). The third-order valence-corrected chi connectivity index (χ3v) is 17.8. The number of nitrogens with zero attached hydrogens (tertiary/aromatic N) is 2. The van der Waals surface area contributed by atoms with Gasteiger partial charge in [-0.3, -0.25) is 9.97 Å². The zero-order valence-corrected chi connectivity index (χ0v) is 47.4. The van der Waals surface area contributed by atoms with E-state index in [1.807, 2.05) is 69.6 Å². The number of pyridine rings is 2. The molecule has 1 N–H and O–H groups in total. The number of hydrogen-bond acceptors (Lipinski definition) is 5. The molecule has 2 heterocycles. The van der Waals surface area contributed by atoms with E-state index in [2.05, 4.69) is 169 Å². The first-order valence-electron chi connectivity index (χ1n) is 27.6. The zero-order chi connectivity index (χ0) is 53.5. The number of aryl methyl sites for hydroxylation is 1. The second kappa shape index (κ2) is 30.8. The molecule has 0 amide bonds. The maximum absolute atomic E-state index is 7.97. The fourth-order valence-corrected chi connectivity index (χ4v) is 14.5. The van der Waals surface area contributed by atoms with Gasteiger partial charge in [0.2, 0.25) is 0 Å². The second-order valence-electron chi connectivity index (χ2n) is 20.9. The first kappa shape index (κ1) is 57.8. The monoisotopic (exact) mass is 1050 g/mol. The molecule has 2 aliphatic carbocycles. The summed E-state index contributed by atoms with van der Waals surface area (Å²) in [6.07, 6.45) is 19.2. The molecule has 2 aromatic heterocycles. The Morgan fingerprint density at radius 1 is 0.553 bits per heavy atom. The van der Waals surface area contributed by atoms with Gasteiger partial charge in [0.25, 0.3) is 0 Å². The highest BCUT2D eigenvalue weighted by atomic mass is 35.5. The molecule has 0 bridgehead atoms. The summed E-state index contributed by atoms with van der Waals surface area (Å²) in [6, 6.07) is 61.6. The molecule has 393 valence electrons. The van der Waals surface area contributed by atoms with Crippen LogP contribution < -0.4 is 10.0 Å². The zero-order valence-electron chi connectivity index (χ0n) is 45.8. The number of methoxy groups -OCH3 is 1. The Morgan fingerprint density at radius 3 is 1.53 bits per heavy atom. The van der Waals surface area contributed by atoms with E-state index in [9.17, 15) is 0 Å². The summed E-state index contributed by atoms with van der Waals surface area (Å²) >= 11 is 5.86. The Kier molecular flexibility index (Phi) is 23.4. The number of ether oxygens (including phenoxy) is 1. The minimum atomic E-state index is -0.122. The van der Waals surface area contributed by atoms with Gasteiger partial charge < -0.3 is 14.4 Å². The van der Waals surface area contributed by atoms with E-state index in [0.717, 1.165) is 53.7 Å². The lowest BCUT2D eigenvalue weighted by Gasteiger charge is -2.39. The van der Waals surface area contributed by atoms with Crippen LogP contribution in [0, 0.1) is 18.8 Å². The lowest BCUT2D eigenvalue weighted by molar-refractivity contribution is 0.246. The van der Waals surface area contributed by atoms with Crippen molar-refractivity contribution in [3.63, 3.8) is 0 Å². The van der Waals surface area contributed by atoms with E-state index in [-0.39, 0.29) is 7.92 Å². The van der Waals surface area contributed by atoms with Gasteiger partial charge in [-0.15, -0.1) is 0 Å². The number of benzene rings is 6. The Hall–Kier alpha value is -5.88. The second-order valence-corrected chi connectivity index (χ2v) is 24.1. The van der Waals surface area contributed by atoms with Crippen LogP contribution >= 0.6 is 19.5 Å². The largest absolute Gasteiger partial charge is 0.496 e. The average molecular weight is 1050 g/mol. The molecule has 6 aromatic carbocycles. The molecule has 5 nitrogen and oxygen atoms in total. The molecular weight excluding hydrogens is 970 g/mol. The molecule has 8 aromatic rings. The number of rotatable bonds is 14. The fourth-order valence-electron chi connectivity index (χ4n) is 10.4. The van der Waals surface area contributed by atoms with Gasteiger partial charge in [0.1, 0.15) is 5.75 Å². The molecule has 0 atom stereocenters. The highest BCUT2D eigenvalue weighted by molar-refractivity contribution is 7.67. The quantitative estimate of drug-likeness (QED) is 0.0868. The van der Waals surface area contributed by atoms with Crippen molar-refractivity contribution in [2.45, 2.75) is 117 Å². The number of aromatic nitrogens is 2. The van der Waals surface area contributed by atoms with E-state index in [1.54, 1.807) is 11.5 Å². The van der Waals surface area contributed by atoms with Crippen LogP contribution in [0.2, 0.25) is 5.02 Å². The molecule has 76 heavy (non-hydrogen) atoms. The summed E-state index contributed by atoms with van der Waals surface area (Å²) < 4.78 is 10.3. The average Bonchev–Trinajstić information content (AvgIpc) is 3.47. The Balaban J connectivity index is 0.000000158. The summed E-state index contributed by atoms with van der Waals surface area (Å²) in [7, 11) is 2.41. The van der Waals surface area contributed by atoms with Crippen molar-refractivity contribution in [1.82, 2.24) is 9.97 Å². The SMILES string of the molecule is CC(C)CO[B]O.CC(C)Cc1ccc(-c2cccc(-c3ccccc3)c2)nc1.COc1cccc(C)c1-c1ccccc1P(C1CCCCC1)C1CCCCC1.Clc1ccc(-c2cccc(-c3ccccc3)c2)nc1. The third-order valence-electron chi connectivity index (χ3n) is 14.1. The van der Waals surface area contributed by atoms with Crippen molar-refractivity contribution in [1.29, 1.82) is 0 Å². The molecule has 1 radical (unpaired) electrons. The molecule has 0 spiro atoms. The van der Waals surface area contributed by atoms with Crippen LogP contribution in [0.4, 0.5) is 0 Å². The van der Waals surface area contributed by atoms with Crippen molar-refractivity contribution in [2.75, 3.05) is 13.7 Å². The lowest BCUT2D eigenvalue weighted by atomic mass is 9.99. The van der Waals surface area contributed by atoms with E-state index in [0.29, 0.717) is 23.5 Å². The summed E-state index contributed by atoms with van der Waals surface area (Å²) in [6.45, 7) is 11.3. The fraction of sp³-hybridized carbons (Fsp3) is 0.324. The van der Waals surface area contributed by atoms with Crippen LogP contribution in [0.15, 0.2) is 188 Å². The molecule has 8 heteroatoms. The van der Waals surface area contributed by atoms with E-state index >= 15 is 0 Å². The normalized spacial score (nSPS) is 13.7. The van der Waals surface area contributed by atoms with Gasteiger partial charge in [0.15, 0.2) is 0 Å². The maximum Gasteiger partial charge on any atom is 0.485 e. The van der Waals surface area contributed by atoms with Gasteiger partial charge in [0, 0.05) is 35.7 Å². The van der Waals surface area contributed by atoms with Crippen molar-refractivity contribution < 1.29 is 14.4 Å². The minimum absolute atomic E-state index is 0.122. The summed E-state index contributed by atoms with van der Waals surface area (Å²) in [4.78, 5) is 8.99. The van der Waals surface area contributed by atoms with Gasteiger partial charge in [0.05, 0.1) is 23.5 Å². The van der Waals surface area contributed by atoms with Gasteiger partial charge in [-0.1, -0.05) is 225 Å². The first-order chi connectivity index (χ1) is 37.1. The van der Waals surface area contributed by atoms with Crippen LogP contribution in [0.25, 0.3) is 55.9 Å². The predicted molar refractivity (Wildman–Crippen MR) is 326 cm³/mol. The van der Waals surface area contributed by atoms with Gasteiger partial charge in [-0.05, 0) is 143 Å². The molecule has 2 aliphatic rings. The smallest absolute Gasteiger partial charge is 0.485 e. The lowest BCUT2D eigenvalue weighted by Crippen LogP contribution is -2.27. The molecular formula is C68H78BClN2O3P. The minimum Gasteiger partial charge on any atom is -0.496 e. The van der Waals surface area contributed by atoms with E-state index < -0.39 is 0 Å². The third kappa shape index (κ3) is 17.3. The van der Waals surface area contributed by atoms with Crippen molar-refractivity contribution in [2.24, 2.45) is 11.8 Å². The summed E-state index contributed by atoms with van der Waals surface area (Å²) in [5.41, 5.74) is 16.3. The standard InChI is InChI=1S/C26H35OP.C21H21N.C17H12ClN.C4H10BO2/c1-20-12-11-18-24(27-2)26(20)23-17-9-10-19-25(23)28(21-13-5-3-6-14-21)22-15-7-4-8-16-22;1-16(2)13-17-11-12-21(22-15-17)20-10-6-9-19(14-20)18-7-4-3-5-8-18;18-16-9-10-17(19-12-16)15-8-4-7-14(11-15)13-5-2-1-3-6-13;1-4(2)3-7-5-6/h9-12,17-19,21-22H,3-8,13-16H2,1-2H3;3-12,14-16H,13H2,1-2H3;1-12H;4,6H,3H2,1-2H3. The predicted octanol–water partition coefficient (Wildman–Crippen LogP) is 18.3. The van der Waals surface area contributed by atoms with Crippen LogP contribution in [-0.2, 0) is 11.1 Å². The highest BCUT2D eigenvalue weighted by Gasteiger charge is 2.34. The van der Waals surface area contributed by atoms with Crippen molar-refractivity contribution in [3.05, 3.63) is 204 Å². The molecule has 0 aliphatic heterocycles. The summed E-state index contributed by atoms with van der Waals surface area (Å²) in [5.74, 6) is 2.17. The Bertz CT molecular complexity index is 2910. The van der Waals surface area contributed by atoms with Crippen LogP contribution in [0.1, 0.15) is 103 Å². The van der Waals surface area contributed by atoms with Crippen molar-refractivity contribution >= 4 is 32.5 Å². The molecule has 2 saturated carbocycles. The maximum atomic E-state index is 7.97. The number of hydrogen-bond donors (Lipinski definition) is 1. The van der Waals surface area contributed by atoms with Gasteiger partial charge in [-0.25, -0.2) is 0 Å². The number of halogens is 1. The molecule has 0 unspecified atom stereocenters. The van der Waals surface area contributed by atoms with E-state index in [1.165, 1.54) is 109 Å². The topological polar surface area (TPSA) is 64.5 Å². The molecule has 0 saturated heterocycles. The van der Waals surface area contributed by atoms with E-state index in [4.69, 9.17) is 21.4 Å². The Labute approximate surface area is 462 Å². The van der Waals surface area contributed by atoms with Crippen LogP contribution in [0.5, 0.6) is 5.75 Å². The van der Waals surface area contributed by atoms with Crippen LogP contribution in [-0.4, -0.2) is 47.7 Å². The summed E-state index contributed by atoms with van der Waals surface area (Å²) in [5, 5.41) is 10.3. The molecule has 2 fully saturated rings. The van der Waals surface area contributed by atoms with Gasteiger partial charge >= 0.3 is 7.69 Å². The van der Waals surface area contributed by atoms with Crippen LogP contribution in [0.3, 0.4) is 0 Å².